The van der Waals surface area contributed by atoms with Crippen LogP contribution in [0.3, 0.4) is 0 Å². The molecular formula is C24H20ClN3O3. The van der Waals surface area contributed by atoms with E-state index in [9.17, 15) is 9.59 Å². The maximum Gasteiger partial charge on any atom is 0.337 e. The molecule has 0 radical (unpaired) electrons. The largest absolute Gasteiger partial charge is 0.465 e. The third-order valence-electron chi connectivity index (χ3n) is 4.92. The standard InChI is InChI=1S/C24H20ClN3O3/c1-31-23(30)18-9-12-20-21(13-18)27-24(26-14-16-7-10-19(25)11-8-16)28(22(20)29)15-17-5-3-2-4-6-17/h2-13H,14-15H2,1H3,(H,26,27). The lowest BCUT2D eigenvalue weighted by Gasteiger charge is -2.15. The number of fused-ring (bicyclic) bond motifs is 1. The monoisotopic (exact) mass is 433 g/mol. The normalized spacial score (nSPS) is 10.8. The summed E-state index contributed by atoms with van der Waals surface area (Å²) in [6.45, 7) is 0.824. The smallest absolute Gasteiger partial charge is 0.337 e. The van der Waals surface area contributed by atoms with E-state index in [4.69, 9.17) is 16.3 Å². The van der Waals surface area contributed by atoms with Crippen LogP contribution in [0, 0.1) is 0 Å². The minimum absolute atomic E-state index is 0.191. The second kappa shape index (κ2) is 9.02. The van der Waals surface area contributed by atoms with Gasteiger partial charge in [0.05, 0.1) is 30.1 Å². The highest BCUT2D eigenvalue weighted by Gasteiger charge is 2.14. The zero-order valence-electron chi connectivity index (χ0n) is 16.8. The first-order valence-electron chi connectivity index (χ1n) is 9.70. The molecule has 0 amide bonds. The molecule has 1 N–H and O–H groups in total. The van der Waals surface area contributed by atoms with Crippen LogP contribution in [0.5, 0.6) is 0 Å². The quantitative estimate of drug-likeness (QED) is 0.453. The number of nitrogens with one attached hydrogen (secondary N) is 1. The molecule has 3 aromatic carbocycles. The fourth-order valence-electron chi connectivity index (χ4n) is 3.30. The molecule has 0 spiro atoms. The van der Waals surface area contributed by atoms with Crippen molar-refractivity contribution < 1.29 is 9.53 Å². The molecule has 0 bridgehead atoms. The van der Waals surface area contributed by atoms with Gasteiger partial charge in [-0.2, -0.15) is 0 Å². The predicted molar refractivity (Wildman–Crippen MR) is 122 cm³/mol. The van der Waals surface area contributed by atoms with Gasteiger partial charge in [-0.15, -0.1) is 0 Å². The molecule has 7 heteroatoms. The predicted octanol–water partition coefficient (Wildman–Crippen LogP) is 4.50. The van der Waals surface area contributed by atoms with Gasteiger partial charge in [-0.1, -0.05) is 54.1 Å². The SMILES string of the molecule is COC(=O)c1ccc2c(=O)n(Cc3ccccc3)c(NCc3ccc(Cl)cc3)nc2c1. The van der Waals surface area contributed by atoms with Crippen LogP contribution in [0.25, 0.3) is 10.9 Å². The topological polar surface area (TPSA) is 73.2 Å². The molecule has 0 atom stereocenters. The Morgan fingerprint density at radius 3 is 2.48 bits per heavy atom. The van der Waals surface area contributed by atoms with Crippen molar-refractivity contribution in [1.82, 2.24) is 9.55 Å². The summed E-state index contributed by atoms with van der Waals surface area (Å²) in [5, 5.41) is 4.35. The minimum atomic E-state index is -0.479. The Hall–Kier alpha value is -3.64. The average molecular weight is 434 g/mol. The summed E-state index contributed by atoms with van der Waals surface area (Å²) in [6, 6.07) is 21.9. The zero-order chi connectivity index (χ0) is 21.8. The molecule has 31 heavy (non-hydrogen) atoms. The molecule has 0 aliphatic rings. The van der Waals surface area contributed by atoms with Gasteiger partial charge in [0, 0.05) is 11.6 Å². The summed E-state index contributed by atoms with van der Waals surface area (Å²) < 4.78 is 6.39. The number of rotatable bonds is 6. The molecule has 0 unspecified atom stereocenters. The third kappa shape index (κ3) is 4.59. The highest BCUT2D eigenvalue weighted by molar-refractivity contribution is 6.30. The van der Waals surface area contributed by atoms with Crippen LogP contribution in [-0.2, 0) is 17.8 Å². The second-order valence-corrected chi connectivity index (χ2v) is 7.45. The number of nitrogens with zero attached hydrogens (tertiary/aromatic N) is 2. The fourth-order valence-corrected chi connectivity index (χ4v) is 3.42. The summed E-state index contributed by atoms with van der Waals surface area (Å²) in [5.41, 5.74) is 2.55. The van der Waals surface area contributed by atoms with Crippen molar-refractivity contribution >= 4 is 34.4 Å². The number of halogens is 1. The van der Waals surface area contributed by atoms with Gasteiger partial charge >= 0.3 is 5.97 Å². The van der Waals surface area contributed by atoms with Crippen LogP contribution >= 0.6 is 11.6 Å². The number of carbonyl (C=O) groups is 1. The lowest BCUT2D eigenvalue weighted by molar-refractivity contribution is 0.0601. The molecule has 156 valence electrons. The number of esters is 1. The molecule has 0 fully saturated rings. The number of anilines is 1. The van der Waals surface area contributed by atoms with Crippen molar-refractivity contribution in [3.8, 4) is 0 Å². The molecule has 4 rings (SSSR count). The van der Waals surface area contributed by atoms with Crippen LogP contribution in [0.4, 0.5) is 5.95 Å². The first-order chi connectivity index (χ1) is 15.0. The summed E-state index contributed by atoms with van der Waals surface area (Å²) in [7, 11) is 1.32. The highest BCUT2D eigenvalue weighted by atomic mass is 35.5. The van der Waals surface area contributed by atoms with Crippen molar-refractivity contribution in [1.29, 1.82) is 0 Å². The summed E-state index contributed by atoms with van der Waals surface area (Å²) in [5.74, 6) is -0.0637. The van der Waals surface area contributed by atoms with E-state index in [2.05, 4.69) is 10.3 Å². The molecule has 4 aromatic rings. The maximum absolute atomic E-state index is 13.3. The van der Waals surface area contributed by atoms with Gasteiger partial charge in [-0.05, 0) is 41.5 Å². The average Bonchev–Trinajstić information content (AvgIpc) is 2.80. The third-order valence-corrected chi connectivity index (χ3v) is 5.18. The maximum atomic E-state index is 13.3. The van der Waals surface area contributed by atoms with Crippen LogP contribution in [0.2, 0.25) is 5.02 Å². The van der Waals surface area contributed by atoms with E-state index in [1.807, 2.05) is 54.6 Å². The Kier molecular flexibility index (Phi) is 6.00. The Bertz CT molecular complexity index is 1290. The number of ether oxygens (including phenoxy) is 1. The summed E-state index contributed by atoms with van der Waals surface area (Å²) >= 11 is 5.97. The van der Waals surface area contributed by atoms with Gasteiger partial charge in [-0.3, -0.25) is 9.36 Å². The van der Waals surface area contributed by atoms with Crippen molar-refractivity contribution in [3.05, 3.63) is 105 Å². The van der Waals surface area contributed by atoms with Crippen molar-refractivity contribution in [2.45, 2.75) is 13.1 Å². The lowest BCUT2D eigenvalue weighted by atomic mass is 10.1. The summed E-state index contributed by atoms with van der Waals surface area (Å²) in [4.78, 5) is 29.9. The number of hydrogen-bond donors (Lipinski definition) is 1. The van der Waals surface area contributed by atoms with Gasteiger partial charge in [-0.25, -0.2) is 9.78 Å². The van der Waals surface area contributed by atoms with E-state index in [0.29, 0.717) is 40.5 Å². The van der Waals surface area contributed by atoms with E-state index in [-0.39, 0.29) is 5.56 Å². The molecule has 0 aliphatic carbocycles. The van der Waals surface area contributed by atoms with Crippen molar-refractivity contribution in [2.24, 2.45) is 0 Å². The second-order valence-electron chi connectivity index (χ2n) is 7.02. The number of aromatic nitrogens is 2. The number of benzene rings is 3. The highest BCUT2D eigenvalue weighted by Crippen LogP contribution is 2.17. The number of carbonyl (C=O) groups excluding carboxylic acids is 1. The van der Waals surface area contributed by atoms with E-state index in [0.717, 1.165) is 11.1 Å². The van der Waals surface area contributed by atoms with E-state index >= 15 is 0 Å². The van der Waals surface area contributed by atoms with Gasteiger partial charge in [0.15, 0.2) is 0 Å². The Morgan fingerprint density at radius 2 is 1.77 bits per heavy atom. The van der Waals surface area contributed by atoms with Crippen LogP contribution in [0.15, 0.2) is 77.6 Å². The van der Waals surface area contributed by atoms with Crippen molar-refractivity contribution in [2.75, 3.05) is 12.4 Å². The molecule has 0 saturated carbocycles. The first kappa shape index (κ1) is 20.6. The van der Waals surface area contributed by atoms with Crippen LogP contribution < -0.4 is 10.9 Å². The van der Waals surface area contributed by atoms with E-state index in [1.165, 1.54) is 7.11 Å². The molecule has 0 aliphatic heterocycles. The zero-order valence-corrected chi connectivity index (χ0v) is 17.6. The fraction of sp³-hybridized carbons (Fsp3) is 0.125. The van der Waals surface area contributed by atoms with Crippen molar-refractivity contribution in [3.63, 3.8) is 0 Å². The molecule has 1 aromatic heterocycles. The van der Waals surface area contributed by atoms with Crippen LogP contribution in [-0.4, -0.2) is 22.6 Å². The number of methoxy groups -OCH3 is 1. The first-order valence-corrected chi connectivity index (χ1v) is 10.1. The molecular weight excluding hydrogens is 414 g/mol. The molecule has 1 heterocycles. The van der Waals surface area contributed by atoms with Gasteiger partial charge in [0.2, 0.25) is 5.95 Å². The Morgan fingerprint density at radius 1 is 1.03 bits per heavy atom. The summed E-state index contributed by atoms with van der Waals surface area (Å²) in [6.07, 6.45) is 0. The Labute approximate surface area is 184 Å². The van der Waals surface area contributed by atoms with Crippen LogP contribution in [0.1, 0.15) is 21.5 Å². The van der Waals surface area contributed by atoms with Gasteiger partial charge < -0.3 is 10.1 Å². The molecule has 0 saturated heterocycles. The van der Waals surface area contributed by atoms with E-state index in [1.54, 1.807) is 22.8 Å². The van der Waals surface area contributed by atoms with E-state index < -0.39 is 5.97 Å². The Balaban J connectivity index is 1.78. The lowest BCUT2D eigenvalue weighted by Crippen LogP contribution is -2.26. The number of hydrogen-bond acceptors (Lipinski definition) is 5. The van der Waals surface area contributed by atoms with Gasteiger partial charge in [0.25, 0.3) is 5.56 Å². The minimum Gasteiger partial charge on any atom is -0.465 e. The van der Waals surface area contributed by atoms with Gasteiger partial charge in [0.1, 0.15) is 0 Å². The molecule has 6 nitrogen and oxygen atoms in total.